The topological polar surface area (TPSA) is 102 Å². The standard InChI is InChI=1S/C60H96N2O6/c1-5-9-13-17-21-25-29-33-41-65-57-39-37-53(46-59(57)67-43-35-31-27-23-19-15-11-7-3)61-49-51-45-52(56(64)48-55(51)63)50-62-54-38-40-58(66-42-34-30-26-22-18-14-10-6-2)60(47-54)68-44-36-32-28-24-20-16-12-8-4/h37-40,45-50,63-64H,5-36,41-44H2,1-4H3. The van der Waals surface area contributed by atoms with Gasteiger partial charge in [-0.3, -0.25) is 9.98 Å². The number of ether oxygens (including phenoxy) is 4. The van der Waals surface area contributed by atoms with Crippen LogP contribution in [0.3, 0.4) is 0 Å². The Kier molecular flexibility index (Phi) is 33.9. The van der Waals surface area contributed by atoms with Crippen LogP contribution in [0.2, 0.25) is 0 Å². The molecule has 0 fully saturated rings. The summed E-state index contributed by atoms with van der Waals surface area (Å²) in [6.45, 7) is 11.6. The smallest absolute Gasteiger partial charge is 0.163 e. The first-order chi connectivity index (χ1) is 33.5. The van der Waals surface area contributed by atoms with Gasteiger partial charge in [-0.2, -0.15) is 0 Å². The van der Waals surface area contributed by atoms with E-state index in [1.165, 1.54) is 173 Å². The fourth-order valence-corrected chi connectivity index (χ4v) is 8.40. The first-order valence-corrected chi connectivity index (χ1v) is 27.9. The minimum absolute atomic E-state index is 0.0745. The van der Waals surface area contributed by atoms with Gasteiger partial charge in [-0.05, 0) is 56.0 Å². The number of aromatic hydroxyl groups is 2. The van der Waals surface area contributed by atoms with Crippen molar-refractivity contribution in [2.75, 3.05) is 26.4 Å². The Morgan fingerprint density at radius 2 is 0.588 bits per heavy atom. The van der Waals surface area contributed by atoms with Crippen molar-refractivity contribution in [3.8, 4) is 34.5 Å². The monoisotopic (exact) mass is 941 g/mol. The summed E-state index contributed by atoms with van der Waals surface area (Å²) in [6, 6.07) is 14.6. The van der Waals surface area contributed by atoms with Crippen molar-refractivity contribution in [1.82, 2.24) is 0 Å². The molecule has 0 radical (unpaired) electrons. The minimum Gasteiger partial charge on any atom is -0.507 e. The SMILES string of the molecule is CCCCCCCCCCOc1ccc(N=Cc2cc(C=Nc3ccc(OCCCCCCCCCC)c(OCCCCCCCCCC)c3)c(O)cc2O)cc1OCCCCCCCCCC. The first-order valence-electron chi connectivity index (χ1n) is 27.9. The summed E-state index contributed by atoms with van der Waals surface area (Å²) >= 11 is 0. The van der Waals surface area contributed by atoms with E-state index in [4.69, 9.17) is 28.9 Å². The molecule has 0 atom stereocenters. The lowest BCUT2D eigenvalue weighted by Crippen LogP contribution is -2.03. The zero-order chi connectivity index (χ0) is 48.5. The van der Waals surface area contributed by atoms with Crippen LogP contribution in [0, 0.1) is 0 Å². The molecule has 68 heavy (non-hydrogen) atoms. The van der Waals surface area contributed by atoms with E-state index in [2.05, 4.69) is 27.7 Å². The van der Waals surface area contributed by atoms with E-state index in [1.54, 1.807) is 18.5 Å². The summed E-state index contributed by atoms with van der Waals surface area (Å²) < 4.78 is 25.2. The molecular weight excluding hydrogens is 845 g/mol. The first kappa shape index (κ1) is 58.1. The van der Waals surface area contributed by atoms with Gasteiger partial charge in [0, 0.05) is 41.8 Å². The van der Waals surface area contributed by atoms with Gasteiger partial charge < -0.3 is 29.2 Å². The molecule has 0 bridgehead atoms. The van der Waals surface area contributed by atoms with Gasteiger partial charge in [0.15, 0.2) is 23.0 Å². The van der Waals surface area contributed by atoms with Gasteiger partial charge in [0.05, 0.1) is 37.8 Å². The molecule has 0 aliphatic rings. The van der Waals surface area contributed by atoms with Crippen molar-refractivity contribution >= 4 is 23.8 Å². The largest absolute Gasteiger partial charge is 0.507 e. The molecule has 2 N–H and O–H groups in total. The maximum atomic E-state index is 10.9. The van der Waals surface area contributed by atoms with Crippen molar-refractivity contribution in [3.05, 3.63) is 59.7 Å². The molecule has 0 aliphatic heterocycles. The molecule has 0 spiro atoms. The van der Waals surface area contributed by atoms with E-state index >= 15 is 0 Å². The van der Waals surface area contributed by atoms with Crippen LogP contribution in [0.15, 0.2) is 58.5 Å². The van der Waals surface area contributed by atoms with Crippen LogP contribution in [0.1, 0.15) is 244 Å². The summed E-state index contributed by atoms with van der Waals surface area (Å²) in [5, 5.41) is 21.8. The Hall–Kier alpha value is -4.20. The zero-order valence-electron chi connectivity index (χ0n) is 43.7. The highest BCUT2D eigenvalue weighted by Crippen LogP contribution is 2.35. The van der Waals surface area contributed by atoms with Crippen LogP contribution in [-0.2, 0) is 0 Å². The fourth-order valence-electron chi connectivity index (χ4n) is 8.40. The van der Waals surface area contributed by atoms with Gasteiger partial charge in [0.1, 0.15) is 11.5 Å². The maximum absolute atomic E-state index is 10.9. The molecule has 3 aromatic carbocycles. The molecule has 0 saturated heterocycles. The van der Waals surface area contributed by atoms with E-state index in [0.29, 0.717) is 60.4 Å². The van der Waals surface area contributed by atoms with Gasteiger partial charge in [0.25, 0.3) is 0 Å². The van der Waals surface area contributed by atoms with Crippen LogP contribution >= 0.6 is 0 Å². The Labute approximate surface area is 415 Å². The summed E-state index contributed by atoms with van der Waals surface area (Å²) in [6.07, 6.45) is 43.0. The van der Waals surface area contributed by atoms with E-state index in [1.807, 2.05) is 36.4 Å². The van der Waals surface area contributed by atoms with Gasteiger partial charge in [-0.15, -0.1) is 0 Å². The Morgan fingerprint density at radius 3 is 0.882 bits per heavy atom. The second-order valence-corrected chi connectivity index (χ2v) is 19.0. The molecular formula is C60H96N2O6. The third-order valence-electron chi connectivity index (χ3n) is 12.8. The highest BCUT2D eigenvalue weighted by Gasteiger charge is 2.11. The van der Waals surface area contributed by atoms with Crippen LogP contribution in [0.25, 0.3) is 0 Å². The predicted molar refractivity (Wildman–Crippen MR) is 290 cm³/mol. The number of phenolic OH excluding ortho intramolecular Hbond substituents is 2. The second kappa shape index (κ2) is 39.6. The average Bonchev–Trinajstić information content (AvgIpc) is 3.34. The van der Waals surface area contributed by atoms with Crippen molar-refractivity contribution in [2.45, 2.75) is 233 Å². The number of rotatable bonds is 44. The van der Waals surface area contributed by atoms with Crippen molar-refractivity contribution in [1.29, 1.82) is 0 Å². The molecule has 8 nitrogen and oxygen atoms in total. The molecule has 382 valence electrons. The molecule has 0 saturated carbocycles. The highest BCUT2D eigenvalue weighted by molar-refractivity contribution is 5.92. The van der Waals surface area contributed by atoms with Gasteiger partial charge in [-0.1, -0.05) is 207 Å². The summed E-state index contributed by atoms with van der Waals surface area (Å²) in [4.78, 5) is 9.47. The number of benzene rings is 3. The van der Waals surface area contributed by atoms with Gasteiger partial charge >= 0.3 is 0 Å². The fraction of sp³-hybridized carbons (Fsp3) is 0.667. The normalized spacial score (nSPS) is 11.6. The van der Waals surface area contributed by atoms with Gasteiger partial charge in [-0.25, -0.2) is 0 Å². The Morgan fingerprint density at radius 1 is 0.324 bits per heavy atom. The summed E-state index contributed by atoms with van der Waals surface area (Å²) in [5.41, 5.74) is 2.28. The number of aliphatic imine (C=N–C) groups is 2. The maximum Gasteiger partial charge on any atom is 0.163 e. The molecule has 0 aromatic heterocycles. The molecule has 0 unspecified atom stereocenters. The predicted octanol–water partition coefficient (Wildman–Crippen LogP) is 18.7. The van der Waals surface area contributed by atoms with E-state index in [0.717, 1.165) is 50.0 Å². The van der Waals surface area contributed by atoms with Crippen LogP contribution in [0.4, 0.5) is 11.4 Å². The minimum atomic E-state index is -0.0745. The molecule has 3 rings (SSSR count). The third-order valence-corrected chi connectivity index (χ3v) is 12.8. The third kappa shape index (κ3) is 27.1. The van der Waals surface area contributed by atoms with E-state index in [9.17, 15) is 10.2 Å². The zero-order valence-corrected chi connectivity index (χ0v) is 43.7. The second-order valence-electron chi connectivity index (χ2n) is 19.0. The highest BCUT2D eigenvalue weighted by atomic mass is 16.5. The van der Waals surface area contributed by atoms with Crippen molar-refractivity contribution in [3.63, 3.8) is 0 Å². The van der Waals surface area contributed by atoms with Crippen molar-refractivity contribution < 1.29 is 29.2 Å². The number of unbranched alkanes of at least 4 members (excludes halogenated alkanes) is 28. The molecule has 0 amide bonds. The lowest BCUT2D eigenvalue weighted by atomic mass is 10.1. The summed E-state index contributed by atoms with van der Waals surface area (Å²) in [5.74, 6) is 2.71. The van der Waals surface area contributed by atoms with Crippen LogP contribution < -0.4 is 18.9 Å². The molecule has 0 aliphatic carbocycles. The van der Waals surface area contributed by atoms with E-state index in [-0.39, 0.29) is 11.5 Å². The number of nitrogens with zero attached hydrogens (tertiary/aromatic N) is 2. The molecule has 0 heterocycles. The lowest BCUT2D eigenvalue weighted by Gasteiger charge is -2.14. The molecule has 3 aromatic rings. The number of hydrogen-bond acceptors (Lipinski definition) is 8. The van der Waals surface area contributed by atoms with Gasteiger partial charge in [0.2, 0.25) is 0 Å². The molecule has 8 heteroatoms. The average molecular weight is 941 g/mol. The number of hydrogen-bond donors (Lipinski definition) is 2. The van der Waals surface area contributed by atoms with Crippen LogP contribution in [0.5, 0.6) is 34.5 Å². The summed E-state index contributed by atoms with van der Waals surface area (Å²) in [7, 11) is 0. The van der Waals surface area contributed by atoms with Crippen LogP contribution in [-0.4, -0.2) is 49.1 Å². The van der Waals surface area contributed by atoms with Crippen molar-refractivity contribution in [2.24, 2.45) is 9.98 Å². The Balaban J connectivity index is 1.68. The van der Waals surface area contributed by atoms with E-state index < -0.39 is 0 Å². The Bertz CT molecular complexity index is 1640. The number of phenols is 2. The quantitative estimate of drug-likeness (QED) is 0.0432. The lowest BCUT2D eigenvalue weighted by molar-refractivity contribution is 0.258.